The van der Waals surface area contributed by atoms with Crippen LogP contribution in [0, 0.1) is 0 Å². The number of nitrogens with one attached hydrogen (secondary N) is 1. The predicted octanol–water partition coefficient (Wildman–Crippen LogP) is 2.41. The molecule has 0 atom stereocenters. The average Bonchev–Trinajstić information content (AvgIpc) is 2.86. The zero-order chi connectivity index (χ0) is 14.4. The van der Waals surface area contributed by atoms with Gasteiger partial charge in [0.2, 0.25) is 0 Å². The van der Waals surface area contributed by atoms with Gasteiger partial charge < -0.3 is 16.0 Å². The van der Waals surface area contributed by atoms with Crippen molar-refractivity contribution in [1.82, 2.24) is 10.3 Å². The van der Waals surface area contributed by atoms with Crippen molar-refractivity contribution in [2.24, 2.45) is 0 Å². The maximum absolute atomic E-state index is 12.1. The molecule has 20 heavy (non-hydrogen) atoms. The molecule has 1 aromatic rings. The van der Waals surface area contributed by atoms with Crippen LogP contribution < -0.4 is 16.0 Å². The van der Waals surface area contributed by atoms with Crippen LogP contribution in [0.25, 0.3) is 0 Å². The second-order valence-electron chi connectivity index (χ2n) is 4.87. The number of nitrogen functional groups attached to an aromatic ring is 1. The molecular weight excluding hydrogens is 272 g/mol. The van der Waals surface area contributed by atoms with Crippen LogP contribution in [0.15, 0.2) is 12.2 Å². The molecule has 5 nitrogen and oxygen atoms in total. The Bertz CT molecular complexity index is 478. The van der Waals surface area contributed by atoms with E-state index in [1.54, 1.807) is 0 Å². The van der Waals surface area contributed by atoms with Gasteiger partial charge in [0.1, 0.15) is 10.7 Å². The lowest BCUT2D eigenvalue weighted by Crippen LogP contribution is -2.29. The first-order chi connectivity index (χ1) is 9.72. The van der Waals surface area contributed by atoms with E-state index in [1.165, 1.54) is 30.6 Å². The van der Waals surface area contributed by atoms with E-state index in [2.05, 4.69) is 15.2 Å². The maximum Gasteiger partial charge on any atom is 0.265 e. The van der Waals surface area contributed by atoms with Crippen molar-refractivity contribution in [1.29, 1.82) is 0 Å². The average molecular weight is 294 g/mol. The van der Waals surface area contributed by atoms with Gasteiger partial charge in [0.15, 0.2) is 5.13 Å². The summed E-state index contributed by atoms with van der Waals surface area (Å²) < 4.78 is 0. The molecule has 0 unspecified atom stereocenters. The molecule has 0 radical (unpaired) electrons. The fourth-order valence-electron chi connectivity index (χ4n) is 2.22. The van der Waals surface area contributed by atoms with Crippen LogP contribution >= 0.6 is 11.3 Å². The summed E-state index contributed by atoms with van der Waals surface area (Å²) in [6, 6.07) is 0. The van der Waals surface area contributed by atoms with E-state index < -0.39 is 0 Å². The second kappa shape index (κ2) is 7.28. The number of amides is 1. The highest BCUT2D eigenvalue weighted by molar-refractivity contribution is 7.18. The fourth-order valence-corrected chi connectivity index (χ4v) is 3.17. The van der Waals surface area contributed by atoms with E-state index in [0.717, 1.165) is 24.6 Å². The molecular formula is C14H22N4OS. The standard InChI is InChI=1S/C14H22N4OS/c1-2-3-5-8-16-13(19)11-12(15)17-14(20-11)18-9-6-4-7-10-18/h2-3H,4-10,15H2,1H3,(H,16,19)/b3-2+. The number of hydrogen-bond donors (Lipinski definition) is 2. The van der Waals surface area contributed by atoms with Crippen molar-refractivity contribution >= 4 is 28.2 Å². The third-order valence-corrected chi connectivity index (χ3v) is 4.44. The van der Waals surface area contributed by atoms with Crippen molar-refractivity contribution in [2.75, 3.05) is 30.3 Å². The molecule has 2 rings (SSSR count). The summed E-state index contributed by atoms with van der Waals surface area (Å²) in [4.78, 5) is 19.2. The van der Waals surface area contributed by atoms with Crippen molar-refractivity contribution in [3.8, 4) is 0 Å². The summed E-state index contributed by atoms with van der Waals surface area (Å²) in [5.74, 6) is 0.229. The molecule has 1 fully saturated rings. The Labute approximate surface area is 123 Å². The van der Waals surface area contributed by atoms with E-state index in [-0.39, 0.29) is 5.91 Å². The summed E-state index contributed by atoms with van der Waals surface area (Å²) in [6.45, 7) is 4.61. The lowest BCUT2D eigenvalue weighted by atomic mass is 10.1. The summed E-state index contributed by atoms with van der Waals surface area (Å²) in [6.07, 6.45) is 8.47. The first-order valence-corrected chi connectivity index (χ1v) is 7.94. The normalized spacial score (nSPS) is 15.8. The van der Waals surface area contributed by atoms with Crippen LogP contribution in [0.5, 0.6) is 0 Å². The Morgan fingerprint density at radius 3 is 2.90 bits per heavy atom. The quantitative estimate of drug-likeness (QED) is 0.646. The zero-order valence-electron chi connectivity index (χ0n) is 11.9. The molecule has 0 bridgehead atoms. The number of thiazole rings is 1. The van der Waals surface area contributed by atoms with E-state index in [1.807, 2.05) is 19.1 Å². The van der Waals surface area contributed by atoms with Crippen LogP contribution in [-0.4, -0.2) is 30.5 Å². The molecule has 6 heteroatoms. The summed E-state index contributed by atoms with van der Waals surface area (Å²) in [5, 5.41) is 3.75. The molecule has 110 valence electrons. The van der Waals surface area contributed by atoms with E-state index >= 15 is 0 Å². The highest BCUT2D eigenvalue weighted by atomic mass is 32.1. The van der Waals surface area contributed by atoms with Gasteiger partial charge in [-0.15, -0.1) is 0 Å². The number of carbonyl (C=O) groups excluding carboxylic acids is 1. The van der Waals surface area contributed by atoms with Gasteiger partial charge in [-0.05, 0) is 32.6 Å². The number of nitrogens with two attached hydrogens (primary N) is 1. The number of nitrogens with zero attached hydrogens (tertiary/aromatic N) is 2. The number of anilines is 2. The second-order valence-corrected chi connectivity index (χ2v) is 5.85. The van der Waals surface area contributed by atoms with E-state index in [4.69, 9.17) is 5.73 Å². The van der Waals surface area contributed by atoms with Crippen molar-refractivity contribution in [3.05, 3.63) is 17.0 Å². The molecule has 0 saturated carbocycles. The minimum absolute atomic E-state index is 0.118. The Kier molecular flexibility index (Phi) is 5.40. The van der Waals surface area contributed by atoms with Gasteiger partial charge in [0.05, 0.1) is 0 Å². The molecule has 0 aliphatic carbocycles. The number of hydrogen-bond acceptors (Lipinski definition) is 5. The number of rotatable bonds is 5. The summed E-state index contributed by atoms with van der Waals surface area (Å²) in [5.41, 5.74) is 5.88. The Morgan fingerprint density at radius 1 is 1.45 bits per heavy atom. The largest absolute Gasteiger partial charge is 0.382 e. The van der Waals surface area contributed by atoms with Gasteiger partial charge in [-0.1, -0.05) is 23.5 Å². The van der Waals surface area contributed by atoms with Crippen LogP contribution in [0.4, 0.5) is 10.9 Å². The molecule has 0 spiro atoms. The lowest BCUT2D eigenvalue weighted by Gasteiger charge is -2.25. The third-order valence-electron chi connectivity index (χ3n) is 3.31. The van der Waals surface area contributed by atoms with Crippen molar-refractivity contribution in [2.45, 2.75) is 32.6 Å². The van der Waals surface area contributed by atoms with Crippen molar-refractivity contribution in [3.63, 3.8) is 0 Å². The van der Waals surface area contributed by atoms with Gasteiger partial charge in [-0.3, -0.25) is 4.79 Å². The van der Waals surface area contributed by atoms with Crippen molar-refractivity contribution < 1.29 is 4.79 Å². The Balaban J connectivity index is 1.97. The van der Waals surface area contributed by atoms with E-state index in [9.17, 15) is 4.79 Å². The minimum atomic E-state index is -0.118. The topological polar surface area (TPSA) is 71.2 Å². The number of piperidine rings is 1. The van der Waals surface area contributed by atoms with Gasteiger partial charge in [-0.2, -0.15) is 0 Å². The predicted molar refractivity (Wildman–Crippen MR) is 84.4 cm³/mol. The number of allylic oxidation sites excluding steroid dienone is 1. The van der Waals surface area contributed by atoms with Crippen LogP contribution in [0.1, 0.15) is 42.3 Å². The van der Waals surface area contributed by atoms with Gasteiger partial charge in [0, 0.05) is 19.6 Å². The SMILES string of the molecule is C/C=C/CCNC(=O)c1sc(N2CCCCC2)nc1N. The lowest BCUT2D eigenvalue weighted by molar-refractivity contribution is 0.0959. The molecule has 0 aromatic carbocycles. The minimum Gasteiger partial charge on any atom is -0.382 e. The molecule has 3 N–H and O–H groups in total. The third kappa shape index (κ3) is 3.72. The summed E-state index contributed by atoms with van der Waals surface area (Å²) in [7, 11) is 0. The fraction of sp³-hybridized carbons (Fsp3) is 0.571. The maximum atomic E-state index is 12.1. The first kappa shape index (κ1) is 14.8. The smallest absolute Gasteiger partial charge is 0.265 e. The molecule has 1 aliphatic rings. The van der Waals surface area contributed by atoms with Crippen LogP contribution in [0.3, 0.4) is 0 Å². The highest BCUT2D eigenvalue weighted by Crippen LogP contribution is 2.29. The highest BCUT2D eigenvalue weighted by Gasteiger charge is 2.20. The molecule has 1 aromatic heterocycles. The molecule has 1 amide bonds. The Morgan fingerprint density at radius 2 is 2.20 bits per heavy atom. The van der Waals surface area contributed by atoms with E-state index in [0.29, 0.717) is 17.2 Å². The molecule has 1 aliphatic heterocycles. The first-order valence-electron chi connectivity index (χ1n) is 7.13. The zero-order valence-corrected chi connectivity index (χ0v) is 12.7. The van der Waals surface area contributed by atoms with Gasteiger partial charge in [-0.25, -0.2) is 4.98 Å². The molecule has 2 heterocycles. The molecule has 1 saturated heterocycles. The van der Waals surface area contributed by atoms with Crippen LogP contribution in [-0.2, 0) is 0 Å². The summed E-state index contributed by atoms with van der Waals surface area (Å²) >= 11 is 1.40. The number of carbonyl (C=O) groups is 1. The Hall–Kier alpha value is -1.56. The monoisotopic (exact) mass is 294 g/mol. The van der Waals surface area contributed by atoms with Crippen LogP contribution in [0.2, 0.25) is 0 Å². The van der Waals surface area contributed by atoms with Gasteiger partial charge in [0.25, 0.3) is 5.91 Å². The number of aromatic nitrogens is 1. The van der Waals surface area contributed by atoms with Gasteiger partial charge >= 0.3 is 0 Å².